The van der Waals surface area contributed by atoms with Crippen LogP contribution in [0.2, 0.25) is 10.0 Å². The van der Waals surface area contributed by atoms with E-state index in [2.05, 4.69) is 34.0 Å². The fourth-order valence-corrected chi connectivity index (χ4v) is 2.84. The number of anilines is 1. The molecule has 0 bridgehead atoms. The molecule has 0 heterocycles. The molecule has 0 aromatic heterocycles. The molecule has 0 aliphatic rings. The van der Waals surface area contributed by atoms with Crippen LogP contribution in [0.15, 0.2) is 36.4 Å². The van der Waals surface area contributed by atoms with Gasteiger partial charge in [0.05, 0.1) is 10.7 Å². The summed E-state index contributed by atoms with van der Waals surface area (Å²) in [6.07, 6.45) is 0. The third-order valence-corrected chi connectivity index (χ3v) is 3.94. The summed E-state index contributed by atoms with van der Waals surface area (Å²) in [5.41, 5.74) is 3.15. The zero-order chi connectivity index (χ0) is 13.1. The summed E-state index contributed by atoms with van der Waals surface area (Å²) in [5.74, 6) is 0. The fraction of sp³-hybridized carbons (Fsp3) is 0.143. The Kier molecular flexibility index (Phi) is 4.76. The number of rotatable bonds is 3. The molecule has 0 fully saturated rings. The lowest BCUT2D eigenvalue weighted by atomic mass is 10.1. The van der Waals surface area contributed by atoms with Crippen LogP contribution in [-0.4, -0.2) is 0 Å². The van der Waals surface area contributed by atoms with Gasteiger partial charge >= 0.3 is 0 Å². The van der Waals surface area contributed by atoms with Gasteiger partial charge in [0, 0.05) is 15.1 Å². The van der Waals surface area contributed by atoms with Gasteiger partial charge in [-0.25, -0.2) is 0 Å². The van der Waals surface area contributed by atoms with E-state index in [1.807, 2.05) is 37.3 Å². The van der Waals surface area contributed by atoms with Crippen LogP contribution in [0, 0.1) is 10.5 Å². The van der Waals surface area contributed by atoms with Crippen LogP contribution in [-0.2, 0) is 6.54 Å². The molecule has 0 spiro atoms. The molecule has 0 saturated heterocycles. The smallest absolute Gasteiger partial charge is 0.0648 e. The lowest BCUT2D eigenvalue weighted by Crippen LogP contribution is -2.00. The summed E-state index contributed by atoms with van der Waals surface area (Å²) >= 11 is 14.6. The molecule has 0 aliphatic carbocycles. The number of halogens is 3. The van der Waals surface area contributed by atoms with Gasteiger partial charge in [-0.2, -0.15) is 0 Å². The molecule has 1 N–H and O–H groups in total. The second kappa shape index (κ2) is 6.13. The summed E-state index contributed by atoms with van der Waals surface area (Å²) in [4.78, 5) is 0. The standard InChI is InChI=1S/C14H12Cl2IN/c1-9-2-3-10(12(15)6-9)8-18-14-5-4-11(17)7-13(14)16/h2-7,18H,8H2,1H3. The summed E-state index contributed by atoms with van der Waals surface area (Å²) < 4.78 is 1.12. The Labute approximate surface area is 131 Å². The zero-order valence-electron chi connectivity index (χ0n) is 9.81. The van der Waals surface area contributed by atoms with E-state index in [1.165, 1.54) is 0 Å². The Balaban J connectivity index is 2.11. The average molecular weight is 392 g/mol. The highest BCUT2D eigenvalue weighted by molar-refractivity contribution is 14.1. The maximum Gasteiger partial charge on any atom is 0.0648 e. The molecule has 18 heavy (non-hydrogen) atoms. The van der Waals surface area contributed by atoms with E-state index in [4.69, 9.17) is 23.2 Å². The first-order valence-electron chi connectivity index (χ1n) is 5.50. The summed E-state index contributed by atoms with van der Waals surface area (Å²) in [7, 11) is 0. The van der Waals surface area contributed by atoms with Crippen molar-refractivity contribution in [1.29, 1.82) is 0 Å². The third kappa shape index (κ3) is 3.53. The number of hydrogen-bond acceptors (Lipinski definition) is 1. The van der Waals surface area contributed by atoms with Crippen LogP contribution in [0.25, 0.3) is 0 Å². The predicted molar refractivity (Wildman–Crippen MR) is 87.7 cm³/mol. The zero-order valence-corrected chi connectivity index (χ0v) is 13.5. The number of benzene rings is 2. The van der Waals surface area contributed by atoms with Crippen molar-refractivity contribution in [2.75, 3.05) is 5.32 Å². The Morgan fingerprint density at radius 1 is 1.06 bits per heavy atom. The van der Waals surface area contributed by atoms with Gasteiger partial charge in [-0.05, 0) is 64.9 Å². The Morgan fingerprint density at radius 2 is 1.83 bits per heavy atom. The van der Waals surface area contributed by atoms with E-state index in [0.29, 0.717) is 6.54 Å². The molecular formula is C14H12Cl2IN. The van der Waals surface area contributed by atoms with Gasteiger partial charge in [0.1, 0.15) is 0 Å². The second-order valence-electron chi connectivity index (χ2n) is 4.07. The SMILES string of the molecule is Cc1ccc(CNc2ccc(I)cc2Cl)c(Cl)c1. The van der Waals surface area contributed by atoms with E-state index < -0.39 is 0 Å². The first kappa shape index (κ1) is 14.0. The van der Waals surface area contributed by atoms with Gasteiger partial charge in [-0.15, -0.1) is 0 Å². The van der Waals surface area contributed by atoms with Gasteiger partial charge < -0.3 is 5.32 Å². The summed E-state index contributed by atoms with van der Waals surface area (Å²) in [5, 5.41) is 4.81. The molecule has 2 aromatic rings. The molecule has 1 nitrogen and oxygen atoms in total. The van der Waals surface area contributed by atoms with Crippen LogP contribution < -0.4 is 5.32 Å². The van der Waals surface area contributed by atoms with Crippen molar-refractivity contribution in [1.82, 2.24) is 0 Å². The monoisotopic (exact) mass is 391 g/mol. The lowest BCUT2D eigenvalue weighted by Gasteiger charge is -2.10. The van der Waals surface area contributed by atoms with E-state index in [1.54, 1.807) is 0 Å². The van der Waals surface area contributed by atoms with E-state index in [0.717, 1.165) is 30.4 Å². The largest absolute Gasteiger partial charge is 0.380 e. The summed E-state index contributed by atoms with van der Waals surface area (Å²) in [6, 6.07) is 12.0. The van der Waals surface area contributed by atoms with Crippen molar-refractivity contribution in [3.8, 4) is 0 Å². The molecule has 4 heteroatoms. The number of nitrogens with one attached hydrogen (secondary N) is 1. The van der Waals surface area contributed by atoms with Crippen molar-refractivity contribution in [3.63, 3.8) is 0 Å². The van der Waals surface area contributed by atoms with Crippen molar-refractivity contribution < 1.29 is 0 Å². The first-order valence-corrected chi connectivity index (χ1v) is 7.33. The molecular weight excluding hydrogens is 380 g/mol. The van der Waals surface area contributed by atoms with E-state index in [-0.39, 0.29) is 0 Å². The molecule has 0 aliphatic heterocycles. The molecule has 0 unspecified atom stereocenters. The minimum atomic E-state index is 0.666. The number of aryl methyl sites for hydroxylation is 1. The number of hydrogen-bond donors (Lipinski definition) is 1. The minimum absolute atomic E-state index is 0.666. The molecule has 94 valence electrons. The van der Waals surface area contributed by atoms with E-state index in [9.17, 15) is 0 Å². The average Bonchev–Trinajstić information content (AvgIpc) is 2.30. The Hall–Kier alpha value is -0.450. The predicted octanol–water partition coefficient (Wildman–Crippen LogP) is 5.52. The maximum atomic E-state index is 6.19. The van der Waals surface area contributed by atoms with Crippen LogP contribution in [0.3, 0.4) is 0 Å². The van der Waals surface area contributed by atoms with E-state index >= 15 is 0 Å². The van der Waals surface area contributed by atoms with Gasteiger partial charge in [0.2, 0.25) is 0 Å². The van der Waals surface area contributed by atoms with Crippen molar-refractivity contribution in [3.05, 3.63) is 61.1 Å². The molecule has 0 saturated carbocycles. The van der Waals surface area contributed by atoms with Crippen LogP contribution in [0.5, 0.6) is 0 Å². The van der Waals surface area contributed by atoms with Gasteiger partial charge in [0.25, 0.3) is 0 Å². The quantitative estimate of drug-likeness (QED) is 0.679. The minimum Gasteiger partial charge on any atom is -0.380 e. The highest BCUT2D eigenvalue weighted by Crippen LogP contribution is 2.25. The van der Waals surface area contributed by atoms with Gasteiger partial charge in [-0.1, -0.05) is 35.3 Å². The topological polar surface area (TPSA) is 12.0 Å². The van der Waals surface area contributed by atoms with Gasteiger partial charge in [-0.3, -0.25) is 0 Å². The van der Waals surface area contributed by atoms with Crippen LogP contribution >= 0.6 is 45.8 Å². The first-order chi connectivity index (χ1) is 8.56. The maximum absolute atomic E-state index is 6.19. The highest BCUT2D eigenvalue weighted by Gasteiger charge is 2.03. The Bertz CT molecular complexity index is 518. The molecule has 0 atom stereocenters. The molecule has 2 rings (SSSR count). The Morgan fingerprint density at radius 3 is 2.50 bits per heavy atom. The molecule has 0 amide bonds. The normalized spacial score (nSPS) is 10.4. The van der Waals surface area contributed by atoms with Crippen molar-refractivity contribution in [2.45, 2.75) is 13.5 Å². The fourth-order valence-electron chi connectivity index (χ4n) is 1.62. The highest BCUT2D eigenvalue weighted by atomic mass is 127. The van der Waals surface area contributed by atoms with Crippen molar-refractivity contribution in [2.24, 2.45) is 0 Å². The van der Waals surface area contributed by atoms with Crippen LogP contribution in [0.1, 0.15) is 11.1 Å². The third-order valence-electron chi connectivity index (χ3n) is 2.61. The molecule has 0 radical (unpaired) electrons. The summed E-state index contributed by atoms with van der Waals surface area (Å²) in [6.45, 7) is 2.69. The lowest BCUT2D eigenvalue weighted by molar-refractivity contribution is 1.14. The molecule has 2 aromatic carbocycles. The van der Waals surface area contributed by atoms with Crippen LogP contribution in [0.4, 0.5) is 5.69 Å². The van der Waals surface area contributed by atoms with Crippen molar-refractivity contribution >= 4 is 51.5 Å². The second-order valence-corrected chi connectivity index (χ2v) is 6.13. The van der Waals surface area contributed by atoms with Gasteiger partial charge in [0.15, 0.2) is 0 Å².